The summed E-state index contributed by atoms with van der Waals surface area (Å²) in [6.45, 7) is 7.72. The van der Waals surface area contributed by atoms with Crippen molar-refractivity contribution < 1.29 is 9.84 Å². The molecule has 7 heteroatoms. The molecule has 2 aromatic rings. The molecule has 0 amide bonds. The van der Waals surface area contributed by atoms with Crippen LogP contribution in [0.4, 0.5) is 0 Å². The number of imidazole rings is 1. The van der Waals surface area contributed by atoms with Gasteiger partial charge in [0, 0.05) is 26.2 Å². The molecule has 3 N–H and O–H groups in total. The number of aliphatic hydroxyl groups excluding tert-OH is 1. The number of H-pyrrole nitrogens is 1. The van der Waals surface area contributed by atoms with Gasteiger partial charge >= 0.3 is 0 Å². The van der Waals surface area contributed by atoms with Crippen molar-refractivity contribution in [2.24, 2.45) is 0 Å². The maximum Gasteiger partial charge on any atom is 0.145 e. The quantitative estimate of drug-likeness (QED) is 0.765. The molecule has 3 heterocycles. The summed E-state index contributed by atoms with van der Waals surface area (Å²) in [4.78, 5) is 12.1. The number of hydrogen-bond acceptors (Lipinski definition) is 5. The van der Waals surface area contributed by atoms with Gasteiger partial charge in [-0.05, 0) is 31.0 Å². The van der Waals surface area contributed by atoms with Crippen LogP contribution in [0, 0.1) is 12.3 Å². The average molecular weight is 355 g/mol. The largest absolute Gasteiger partial charge is 0.510 e. The van der Waals surface area contributed by atoms with E-state index in [-0.39, 0.29) is 5.76 Å². The number of ether oxygens (including phenoxy) is 1. The summed E-state index contributed by atoms with van der Waals surface area (Å²) in [7, 11) is 0. The minimum Gasteiger partial charge on any atom is -0.510 e. The number of rotatable bonds is 5. The number of aromatic amines is 1. The lowest BCUT2D eigenvalue weighted by Crippen LogP contribution is -2.38. The van der Waals surface area contributed by atoms with Crippen molar-refractivity contribution in [3.8, 4) is 0 Å². The Morgan fingerprint density at radius 2 is 2.08 bits per heavy atom. The lowest BCUT2D eigenvalue weighted by Gasteiger charge is -2.27. The molecule has 1 fully saturated rings. The summed E-state index contributed by atoms with van der Waals surface area (Å²) in [6.07, 6.45) is 0.961. The predicted molar refractivity (Wildman–Crippen MR) is 102 cm³/mol. The maximum absolute atomic E-state index is 10.4. The van der Waals surface area contributed by atoms with Gasteiger partial charge in [0.25, 0.3) is 0 Å². The molecule has 7 nitrogen and oxygen atoms in total. The number of nitrogens with one attached hydrogen (secondary N) is 2. The molecule has 2 aliphatic rings. The van der Waals surface area contributed by atoms with Crippen molar-refractivity contribution >= 4 is 22.4 Å². The summed E-state index contributed by atoms with van der Waals surface area (Å²) in [5, 5.41) is 18.9. The minimum absolute atomic E-state index is 0.220. The molecular weight excluding hydrogens is 330 g/mol. The van der Waals surface area contributed by atoms with Gasteiger partial charge in [-0.25, -0.2) is 4.98 Å². The fraction of sp³-hybridized carbons (Fsp3) is 0.474. The molecular formula is C19H25N5O2. The van der Waals surface area contributed by atoms with Gasteiger partial charge in [-0.3, -0.25) is 10.3 Å². The third kappa shape index (κ3) is 3.32. The van der Waals surface area contributed by atoms with Crippen LogP contribution < -0.4 is 0 Å². The van der Waals surface area contributed by atoms with Crippen molar-refractivity contribution in [3.05, 3.63) is 35.3 Å². The topological polar surface area (TPSA) is 88.5 Å². The first-order chi connectivity index (χ1) is 12.6. The van der Waals surface area contributed by atoms with Crippen molar-refractivity contribution in [2.45, 2.75) is 13.3 Å². The highest BCUT2D eigenvalue weighted by atomic mass is 16.5. The van der Waals surface area contributed by atoms with Gasteiger partial charge in [0.05, 0.1) is 36.4 Å². The Morgan fingerprint density at radius 1 is 1.27 bits per heavy atom. The molecule has 0 saturated carbocycles. The second-order valence-corrected chi connectivity index (χ2v) is 7.01. The van der Waals surface area contributed by atoms with Crippen LogP contribution in [0.5, 0.6) is 0 Å². The van der Waals surface area contributed by atoms with Crippen LogP contribution >= 0.6 is 0 Å². The summed E-state index contributed by atoms with van der Waals surface area (Å²) < 4.78 is 5.37. The van der Waals surface area contributed by atoms with E-state index in [0.29, 0.717) is 23.8 Å². The van der Waals surface area contributed by atoms with E-state index in [1.807, 2.05) is 30.0 Å². The number of aliphatic hydroxyl groups is 1. The van der Waals surface area contributed by atoms with E-state index >= 15 is 0 Å². The van der Waals surface area contributed by atoms with Crippen LogP contribution in [-0.2, 0) is 4.74 Å². The molecule has 2 aliphatic heterocycles. The number of fused-ring (bicyclic) bond motifs is 1. The van der Waals surface area contributed by atoms with E-state index in [0.717, 1.165) is 62.4 Å². The molecule has 138 valence electrons. The molecule has 1 aromatic heterocycles. The Kier molecular flexibility index (Phi) is 4.65. The van der Waals surface area contributed by atoms with Crippen LogP contribution in [0.1, 0.15) is 17.8 Å². The lowest BCUT2D eigenvalue weighted by atomic mass is 10.2. The molecule has 1 saturated heterocycles. The monoisotopic (exact) mass is 355 g/mol. The van der Waals surface area contributed by atoms with Crippen LogP contribution in [0.15, 0.2) is 24.0 Å². The number of benzene rings is 1. The number of aromatic nitrogens is 2. The highest BCUT2D eigenvalue weighted by Gasteiger charge is 2.30. The van der Waals surface area contributed by atoms with Crippen molar-refractivity contribution in [3.63, 3.8) is 0 Å². The summed E-state index contributed by atoms with van der Waals surface area (Å²) in [5.74, 6) is 1.14. The summed E-state index contributed by atoms with van der Waals surface area (Å²) in [5.41, 5.74) is 3.45. The van der Waals surface area contributed by atoms with Crippen LogP contribution in [0.25, 0.3) is 16.6 Å². The first kappa shape index (κ1) is 17.1. The zero-order chi connectivity index (χ0) is 18.1. The zero-order valence-electron chi connectivity index (χ0n) is 15.1. The van der Waals surface area contributed by atoms with E-state index in [2.05, 4.69) is 14.9 Å². The standard InChI is InChI=1S/C19H25N5O2/c1-13-3-4-14-15(11-13)22-19(21-14)17-16(25)12-24(18(17)20)6-2-5-23-7-9-26-10-8-23/h3-4,11,20,25H,2,5-10,12H2,1H3,(H,21,22). The van der Waals surface area contributed by atoms with Crippen LogP contribution in [0.3, 0.4) is 0 Å². The van der Waals surface area contributed by atoms with Crippen LogP contribution in [-0.4, -0.2) is 76.6 Å². The van der Waals surface area contributed by atoms with E-state index in [1.54, 1.807) is 0 Å². The van der Waals surface area contributed by atoms with Crippen LogP contribution in [0.2, 0.25) is 0 Å². The first-order valence-electron chi connectivity index (χ1n) is 9.14. The van der Waals surface area contributed by atoms with Gasteiger partial charge in [0.1, 0.15) is 17.4 Å². The van der Waals surface area contributed by atoms with Gasteiger partial charge < -0.3 is 19.7 Å². The molecule has 0 aliphatic carbocycles. The lowest BCUT2D eigenvalue weighted by molar-refractivity contribution is 0.0368. The predicted octanol–water partition coefficient (Wildman–Crippen LogP) is 2.16. The average Bonchev–Trinajstić information content (AvgIpc) is 3.15. The smallest absolute Gasteiger partial charge is 0.145 e. The normalized spacial score (nSPS) is 19.1. The highest BCUT2D eigenvalue weighted by molar-refractivity contribution is 6.23. The zero-order valence-corrected chi connectivity index (χ0v) is 15.1. The molecule has 0 radical (unpaired) electrons. The molecule has 0 unspecified atom stereocenters. The Morgan fingerprint density at radius 3 is 2.88 bits per heavy atom. The fourth-order valence-corrected chi connectivity index (χ4v) is 3.63. The number of nitrogens with zero attached hydrogens (tertiary/aromatic N) is 3. The number of hydrogen-bond donors (Lipinski definition) is 3. The molecule has 0 spiro atoms. The van der Waals surface area contributed by atoms with Crippen molar-refractivity contribution in [1.82, 2.24) is 19.8 Å². The van der Waals surface area contributed by atoms with Gasteiger partial charge in [-0.15, -0.1) is 0 Å². The minimum atomic E-state index is 0.220. The molecule has 1 aromatic carbocycles. The maximum atomic E-state index is 10.4. The Bertz CT molecular complexity index is 851. The van der Waals surface area contributed by atoms with Crippen molar-refractivity contribution in [1.29, 1.82) is 5.41 Å². The van der Waals surface area contributed by atoms with Gasteiger partial charge in [0.15, 0.2) is 0 Å². The van der Waals surface area contributed by atoms with Crippen molar-refractivity contribution in [2.75, 3.05) is 45.9 Å². The Hall–Kier alpha value is -2.38. The third-order valence-corrected chi connectivity index (χ3v) is 5.06. The summed E-state index contributed by atoms with van der Waals surface area (Å²) in [6, 6.07) is 6.00. The molecule has 0 atom stereocenters. The number of morpholine rings is 1. The van der Waals surface area contributed by atoms with Gasteiger partial charge in [-0.2, -0.15) is 0 Å². The highest BCUT2D eigenvalue weighted by Crippen LogP contribution is 2.27. The Balaban J connectivity index is 1.42. The number of amidine groups is 1. The molecule has 0 bridgehead atoms. The second-order valence-electron chi connectivity index (χ2n) is 7.01. The van der Waals surface area contributed by atoms with E-state index in [4.69, 9.17) is 10.1 Å². The van der Waals surface area contributed by atoms with E-state index in [1.165, 1.54) is 0 Å². The Labute approximate surface area is 152 Å². The third-order valence-electron chi connectivity index (χ3n) is 5.06. The first-order valence-corrected chi connectivity index (χ1v) is 9.14. The molecule has 26 heavy (non-hydrogen) atoms. The number of aryl methyl sites for hydroxylation is 1. The second kappa shape index (κ2) is 7.09. The fourth-order valence-electron chi connectivity index (χ4n) is 3.63. The SMILES string of the molecule is Cc1ccc2nc(C3=C(O)CN(CCCN4CCOCC4)C3=N)[nH]c2c1. The summed E-state index contributed by atoms with van der Waals surface area (Å²) >= 11 is 0. The van der Waals surface area contributed by atoms with Gasteiger partial charge in [0.2, 0.25) is 0 Å². The molecule has 4 rings (SSSR count). The van der Waals surface area contributed by atoms with E-state index < -0.39 is 0 Å². The van der Waals surface area contributed by atoms with E-state index in [9.17, 15) is 5.11 Å². The van der Waals surface area contributed by atoms with Gasteiger partial charge in [-0.1, -0.05) is 6.07 Å².